The molecule has 1 saturated heterocycles. The van der Waals surface area contributed by atoms with E-state index >= 15 is 0 Å². The van der Waals surface area contributed by atoms with Crippen LogP contribution in [0.1, 0.15) is 12.5 Å². The van der Waals surface area contributed by atoms with Gasteiger partial charge in [0.25, 0.3) is 0 Å². The van der Waals surface area contributed by atoms with Gasteiger partial charge in [0.1, 0.15) is 0 Å². The molecule has 1 aromatic rings. The average Bonchev–Trinajstić information content (AvgIpc) is 2.99. The minimum absolute atomic E-state index is 0. The van der Waals surface area contributed by atoms with Crippen molar-refractivity contribution in [3.8, 4) is 0 Å². The fourth-order valence-electron chi connectivity index (χ4n) is 2.69. The third-order valence-corrected chi connectivity index (χ3v) is 4.86. The summed E-state index contributed by atoms with van der Waals surface area (Å²) in [5.74, 6) is 0.996. The summed E-state index contributed by atoms with van der Waals surface area (Å²) in [7, 11) is 6.50. The maximum atomic E-state index is 4.87. The lowest BCUT2D eigenvalue weighted by molar-refractivity contribution is 0.119. The molecule has 2 heterocycles. The summed E-state index contributed by atoms with van der Waals surface area (Å²) in [4.78, 5) is 11.9. The largest absolute Gasteiger partial charge is 0.357 e. The molecule has 1 aromatic heterocycles. The van der Waals surface area contributed by atoms with Crippen LogP contribution in [0.15, 0.2) is 21.8 Å². The Morgan fingerprint density at radius 3 is 2.87 bits per heavy atom. The highest BCUT2D eigenvalue weighted by Gasteiger charge is 2.22. The van der Waals surface area contributed by atoms with Crippen molar-refractivity contribution in [1.82, 2.24) is 20.0 Å². The summed E-state index contributed by atoms with van der Waals surface area (Å²) in [6, 6.07) is 2.68. The molecule has 1 N–H and O–H groups in total. The first-order valence-corrected chi connectivity index (χ1v) is 8.93. The standard InChI is InChI=1S/C16H29N5S.HI/c1-5-17-16(21(4)11-14-6-9-22-13-14)18-10-15-12-19(2)7-8-20(15)3;/h6,9,13,15H,5,7-8,10-12H2,1-4H3,(H,17,18);1H. The number of hydrogen-bond acceptors (Lipinski definition) is 4. The van der Waals surface area contributed by atoms with E-state index in [1.807, 2.05) is 0 Å². The second-order valence-electron chi connectivity index (χ2n) is 6.08. The van der Waals surface area contributed by atoms with Crippen LogP contribution in [0.5, 0.6) is 0 Å². The molecular weight excluding hydrogens is 421 g/mol. The summed E-state index contributed by atoms with van der Waals surface area (Å²) < 4.78 is 0. The number of thiophene rings is 1. The molecule has 1 atom stereocenters. The number of aliphatic imine (C=N–C) groups is 1. The second-order valence-corrected chi connectivity index (χ2v) is 6.86. The lowest BCUT2D eigenvalue weighted by Gasteiger charge is -2.37. The molecule has 1 unspecified atom stereocenters. The fourth-order valence-corrected chi connectivity index (χ4v) is 3.35. The van der Waals surface area contributed by atoms with Gasteiger partial charge in [-0.05, 0) is 43.4 Å². The minimum Gasteiger partial charge on any atom is -0.357 e. The molecule has 5 nitrogen and oxygen atoms in total. The molecule has 7 heteroatoms. The first kappa shape index (κ1) is 20.7. The zero-order valence-corrected chi connectivity index (χ0v) is 17.8. The van der Waals surface area contributed by atoms with Crippen LogP contribution >= 0.6 is 35.3 Å². The van der Waals surface area contributed by atoms with Gasteiger partial charge in [-0.15, -0.1) is 24.0 Å². The van der Waals surface area contributed by atoms with E-state index in [1.54, 1.807) is 11.3 Å². The van der Waals surface area contributed by atoms with Crippen LogP contribution < -0.4 is 5.32 Å². The lowest BCUT2D eigenvalue weighted by atomic mass is 10.2. The lowest BCUT2D eigenvalue weighted by Crippen LogP contribution is -2.51. The molecule has 0 spiro atoms. The molecule has 2 rings (SSSR count). The van der Waals surface area contributed by atoms with Gasteiger partial charge in [-0.25, -0.2) is 0 Å². The van der Waals surface area contributed by atoms with E-state index in [1.165, 1.54) is 5.56 Å². The van der Waals surface area contributed by atoms with Crippen LogP contribution in [0.4, 0.5) is 0 Å². The number of halogens is 1. The first-order chi connectivity index (χ1) is 10.6. The van der Waals surface area contributed by atoms with E-state index in [0.717, 1.165) is 45.2 Å². The molecule has 23 heavy (non-hydrogen) atoms. The topological polar surface area (TPSA) is 34.1 Å². The van der Waals surface area contributed by atoms with Crippen molar-refractivity contribution < 1.29 is 0 Å². The number of piperazine rings is 1. The molecule has 0 amide bonds. The SMILES string of the molecule is CCNC(=NCC1CN(C)CCN1C)N(C)Cc1ccsc1.I. The molecule has 0 aliphatic carbocycles. The van der Waals surface area contributed by atoms with Crippen LogP contribution in [0.2, 0.25) is 0 Å². The Labute approximate surface area is 161 Å². The van der Waals surface area contributed by atoms with Gasteiger partial charge in [0, 0.05) is 45.8 Å². The maximum Gasteiger partial charge on any atom is 0.194 e. The van der Waals surface area contributed by atoms with Gasteiger partial charge < -0.3 is 15.1 Å². The van der Waals surface area contributed by atoms with Crippen LogP contribution in [0.25, 0.3) is 0 Å². The normalized spacial score (nSPS) is 20.2. The number of hydrogen-bond donors (Lipinski definition) is 1. The van der Waals surface area contributed by atoms with Gasteiger partial charge in [0.2, 0.25) is 0 Å². The third kappa shape index (κ3) is 6.56. The number of guanidine groups is 1. The van der Waals surface area contributed by atoms with E-state index in [2.05, 4.69) is 64.9 Å². The van der Waals surface area contributed by atoms with Crippen LogP contribution in [0, 0.1) is 0 Å². The average molecular weight is 451 g/mol. The summed E-state index contributed by atoms with van der Waals surface area (Å²) in [6.45, 7) is 8.12. The Hall–Kier alpha value is -0.380. The van der Waals surface area contributed by atoms with Crippen molar-refractivity contribution >= 4 is 41.3 Å². The zero-order chi connectivity index (χ0) is 15.9. The Morgan fingerprint density at radius 1 is 1.43 bits per heavy atom. The smallest absolute Gasteiger partial charge is 0.194 e. The quantitative estimate of drug-likeness (QED) is 0.422. The van der Waals surface area contributed by atoms with Crippen molar-refractivity contribution in [1.29, 1.82) is 0 Å². The fraction of sp³-hybridized carbons (Fsp3) is 0.688. The summed E-state index contributed by atoms with van der Waals surface area (Å²) in [6.07, 6.45) is 0. The van der Waals surface area contributed by atoms with Gasteiger partial charge >= 0.3 is 0 Å². The number of nitrogens with zero attached hydrogens (tertiary/aromatic N) is 4. The van der Waals surface area contributed by atoms with Crippen LogP contribution in [0.3, 0.4) is 0 Å². The number of rotatable bonds is 5. The molecule has 1 fully saturated rings. The van der Waals surface area contributed by atoms with Gasteiger partial charge in [-0.1, -0.05) is 0 Å². The van der Waals surface area contributed by atoms with E-state index < -0.39 is 0 Å². The second kappa shape index (κ2) is 10.5. The predicted molar refractivity (Wildman–Crippen MR) is 111 cm³/mol. The maximum absolute atomic E-state index is 4.87. The Kier molecular flexibility index (Phi) is 9.41. The first-order valence-electron chi connectivity index (χ1n) is 7.99. The Morgan fingerprint density at radius 2 is 2.22 bits per heavy atom. The minimum atomic E-state index is 0. The van der Waals surface area contributed by atoms with Crippen molar-refractivity contribution in [2.75, 3.05) is 53.9 Å². The van der Waals surface area contributed by atoms with E-state index in [4.69, 9.17) is 4.99 Å². The van der Waals surface area contributed by atoms with Crippen molar-refractivity contribution in [2.45, 2.75) is 19.5 Å². The monoisotopic (exact) mass is 451 g/mol. The van der Waals surface area contributed by atoms with Crippen molar-refractivity contribution in [2.24, 2.45) is 4.99 Å². The van der Waals surface area contributed by atoms with E-state index in [0.29, 0.717) is 6.04 Å². The highest BCUT2D eigenvalue weighted by Crippen LogP contribution is 2.09. The molecule has 132 valence electrons. The molecule has 0 saturated carbocycles. The van der Waals surface area contributed by atoms with Gasteiger partial charge in [-0.3, -0.25) is 9.89 Å². The summed E-state index contributed by atoms with van der Waals surface area (Å²) in [5.41, 5.74) is 1.34. The van der Waals surface area contributed by atoms with Gasteiger partial charge in [-0.2, -0.15) is 11.3 Å². The molecular formula is C16H30IN5S. The number of likely N-dealkylation sites (N-methyl/N-ethyl adjacent to an activating group) is 2. The molecule has 0 aromatic carbocycles. The summed E-state index contributed by atoms with van der Waals surface area (Å²) >= 11 is 1.74. The number of nitrogens with one attached hydrogen (secondary N) is 1. The van der Waals surface area contributed by atoms with Crippen molar-refractivity contribution in [3.63, 3.8) is 0 Å². The highest BCUT2D eigenvalue weighted by molar-refractivity contribution is 14.0. The van der Waals surface area contributed by atoms with Crippen molar-refractivity contribution in [3.05, 3.63) is 22.4 Å². The zero-order valence-electron chi connectivity index (χ0n) is 14.7. The van der Waals surface area contributed by atoms with Crippen LogP contribution in [-0.4, -0.2) is 80.6 Å². The Bertz CT molecular complexity index is 465. The molecule has 1 aliphatic heterocycles. The molecule has 0 bridgehead atoms. The van der Waals surface area contributed by atoms with Crippen LogP contribution in [-0.2, 0) is 6.54 Å². The molecule has 0 radical (unpaired) electrons. The third-order valence-electron chi connectivity index (χ3n) is 4.13. The predicted octanol–water partition coefficient (Wildman–Crippen LogP) is 2.01. The highest BCUT2D eigenvalue weighted by atomic mass is 127. The molecule has 1 aliphatic rings. The Balaban J connectivity index is 0.00000264. The van der Waals surface area contributed by atoms with E-state index in [9.17, 15) is 0 Å². The van der Waals surface area contributed by atoms with Gasteiger partial charge in [0.15, 0.2) is 5.96 Å². The van der Waals surface area contributed by atoms with Gasteiger partial charge in [0.05, 0.1) is 6.54 Å². The summed E-state index contributed by atoms with van der Waals surface area (Å²) in [5, 5.41) is 7.73. The van der Waals surface area contributed by atoms with E-state index in [-0.39, 0.29) is 24.0 Å².